The zero-order valence-corrected chi connectivity index (χ0v) is 26.0. The van der Waals surface area contributed by atoms with Gasteiger partial charge in [-0.25, -0.2) is 27.8 Å². The van der Waals surface area contributed by atoms with Crippen LogP contribution in [0, 0.1) is 11.8 Å². The van der Waals surface area contributed by atoms with Crippen molar-refractivity contribution >= 4 is 27.3 Å². The lowest BCUT2D eigenvalue weighted by molar-refractivity contribution is 0.0481. The van der Waals surface area contributed by atoms with Crippen molar-refractivity contribution in [3.63, 3.8) is 0 Å². The van der Waals surface area contributed by atoms with Gasteiger partial charge in [-0.1, -0.05) is 11.8 Å². The third-order valence-electron chi connectivity index (χ3n) is 7.85. The summed E-state index contributed by atoms with van der Waals surface area (Å²) in [6, 6.07) is 3.52. The first-order valence-corrected chi connectivity index (χ1v) is 16.3. The van der Waals surface area contributed by atoms with Gasteiger partial charge in [-0.15, -0.1) is 0 Å². The Kier molecular flexibility index (Phi) is 8.54. The van der Waals surface area contributed by atoms with Gasteiger partial charge in [0.15, 0.2) is 5.82 Å². The number of likely N-dealkylation sites (N-methyl/N-ethyl adjacent to an activating group) is 1. The van der Waals surface area contributed by atoms with E-state index in [-0.39, 0.29) is 18.1 Å². The van der Waals surface area contributed by atoms with Crippen molar-refractivity contribution in [2.45, 2.75) is 43.1 Å². The lowest BCUT2D eigenvalue weighted by atomic mass is 9.93. The van der Waals surface area contributed by atoms with E-state index in [1.807, 2.05) is 35.9 Å². The molecule has 236 valence electrons. The fourth-order valence-corrected chi connectivity index (χ4v) is 6.42. The number of aromatic nitrogens is 7. The van der Waals surface area contributed by atoms with Crippen LogP contribution in [-0.2, 0) is 16.6 Å². The van der Waals surface area contributed by atoms with Crippen LogP contribution in [0.5, 0.6) is 0 Å². The van der Waals surface area contributed by atoms with Crippen molar-refractivity contribution in [3.8, 4) is 23.2 Å². The largest absolute Gasteiger partial charge is 0.393 e. The molecule has 0 unspecified atom stereocenters. The maximum atomic E-state index is 14.8. The molecule has 1 aliphatic heterocycles. The molecular weight excluding hydrogens is 599 g/mol. The molecule has 4 aromatic heterocycles. The van der Waals surface area contributed by atoms with Crippen LogP contribution in [0.1, 0.15) is 36.8 Å². The SMILES string of the molecule is CN(C)CCn1cc(C#Cc2cnc(Nc3ccnc(-c4cnn(S(=O)(=O)C5CC5)c4)n3)cc2N2CCC(F)(CO)CC2)cn1. The molecule has 2 aliphatic rings. The first-order chi connectivity index (χ1) is 21.6. The lowest BCUT2D eigenvalue weighted by Gasteiger charge is -2.37. The molecule has 45 heavy (non-hydrogen) atoms. The number of halogens is 1. The summed E-state index contributed by atoms with van der Waals surface area (Å²) in [6.45, 7) is 1.91. The standard InChI is InChI=1S/C30H35FN10O3S/c1-38(2)13-14-40-19-22(16-34-40)3-4-23-17-33-28(15-26(23)39-11-8-30(31,21-42)9-12-39)36-27-7-10-32-29(37-27)24-18-35-41(20-24)45(43,44)25-5-6-25/h7,10,15-20,25,42H,5-6,8-9,11-14,21H2,1-2H3,(H,32,33,36,37). The molecule has 2 N–H and O–H groups in total. The topological polar surface area (TPSA) is 147 Å². The van der Waals surface area contributed by atoms with E-state index in [4.69, 9.17) is 0 Å². The Hall–Kier alpha value is -4.39. The summed E-state index contributed by atoms with van der Waals surface area (Å²) in [6.07, 6.45) is 11.4. The minimum atomic E-state index is -3.50. The molecule has 15 heteroatoms. The van der Waals surface area contributed by atoms with Crippen LogP contribution < -0.4 is 10.2 Å². The summed E-state index contributed by atoms with van der Waals surface area (Å²) in [7, 11) is 0.515. The number of aliphatic hydroxyl groups is 1. The molecule has 2 fully saturated rings. The van der Waals surface area contributed by atoms with Gasteiger partial charge in [0.05, 0.1) is 59.4 Å². The van der Waals surface area contributed by atoms with E-state index in [1.165, 1.54) is 12.4 Å². The van der Waals surface area contributed by atoms with E-state index in [0.29, 0.717) is 54.5 Å². The van der Waals surface area contributed by atoms with Crippen molar-refractivity contribution in [3.05, 3.63) is 60.4 Å². The predicted octanol–water partition coefficient (Wildman–Crippen LogP) is 2.28. The van der Waals surface area contributed by atoms with Gasteiger partial charge < -0.3 is 20.2 Å². The molecule has 0 spiro atoms. The number of aliphatic hydroxyl groups excluding tert-OH is 1. The fraction of sp³-hybridized carbons (Fsp3) is 0.433. The van der Waals surface area contributed by atoms with Crippen molar-refractivity contribution in [1.82, 2.24) is 38.8 Å². The number of rotatable bonds is 10. The van der Waals surface area contributed by atoms with Crippen molar-refractivity contribution in [2.24, 2.45) is 0 Å². The Bertz CT molecular complexity index is 1830. The highest BCUT2D eigenvalue weighted by Gasteiger charge is 2.38. The summed E-state index contributed by atoms with van der Waals surface area (Å²) < 4.78 is 42.8. The first kappa shape index (κ1) is 30.6. The highest BCUT2D eigenvalue weighted by atomic mass is 32.2. The van der Waals surface area contributed by atoms with Gasteiger partial charge in [0, 0.05) is 57.1 Å². The summed E-state index contributed by atoms with van der Waals surface area (Å²) >= 11 is 0. The monoisotopic (exact) mass is 634 g/mol. The minimum Gasteiger partial charge on any atom is -0.393 e. The van der Waals surface area contributed by atoms with Crippen LogP contribution >= 0.6 is 0 Å². The molecule has 4 aromatic rings. The Morgan fingerprint density at radius 2 is 1.89 bits per heavy atom. The molecule has 13 nitrogen and oxygen atoms in total. The second-order valence-electron chi connectivity index (χ2n) is 11.7. The van der Waals surface area contributed by atoms with Gasteiger partial charge in [0.1, 0.15) is 17.3 Å². The number of nitrogens with zero attached hydrogens (tertiary/aromatic N) is 9. The molecule has 6 rings (SSSR count). The third kappa shape index (κ3) is 7.14. The lowest BCUT2D eigenvalue weighted by Crippen LogP contribution is -2.44. The van der Waals surface area contributed by atoms with E-state index in [9.17, 15) is 17.9 Å². The van der Waals surface area contributed by atoms with Gasteiger partial charge in [-0.3, -0.25) is 4.68 Å². The van der Waals surface area contributed by atoms with Gasteiger partial charge >= 0.3 is 0 Å². The zero-order valence-electron chi connectivity index (χ0n) is 25.1. The Morgan fingerprint density at radius 3 is 2.62 bits per heavy atom. The van der Waals surface area contributed by atoms with Crippen LogP contribution in [0.2, 0.25) is 0 Å². The van der Waals surface area contributed by atoms with Gasteiger partial charge in [0.25, 0.3) is 10.0 Å². The number of piperidine rings is 1. The molecule has 0 aromatic carbocycles. The number of anilines is 3. The molecule has 5 heterocycles. The summed E-state index contributed by atoms with van der Waals surface area (Å²) in [5, 5.41) is 20.8. The molecule has 0 radical (unpaired) electrons. The Balaban J connectivity index is 1.24. The second kappa shape index (κ2) is 12.5. The normalized spacial score (nSPS) is 16.4. The molecule has 0 bridgehead atoms. The van der Waals surface area contributed by atoms with Crippen LogP contribution in [-0.4, -0.2) is 104 Å². The fourth-order valence-electron chi connectivity index (χ4n) is 4.95. The molecule has 1 saturated carbocycles. The average molecular weight is 635 g/mol. The van der Waals surface area contributed by atoms with Crippen LogP contribution in [0.4, 0.5) is 21.7 Å². The van der Waals surface area contributed by atoms with Crippen molar-refractivity contribution < 1.29 is 17.9 Å². The van der Waals surface area contributed by atoms with Crippen LogP contribution in [0.3, 0.4) is 0 Å². The molecule has 1 aliphatic carbocycles. The van der Waals surface area contributed by atoms with E-state index >= 15 is 0 Å². The average Bonchev–Trinajstić information content (AvgIpc) is 3.60. The highest BCUT2D eigenvalue weighted by Crippen LogP contribution is 2.33. The molecule has 1 saturated heterocycles. The molecule has 0 atom stereocenters. The van der Waals surface area contributed by atoms with Crippen LogP contribution in [0.15, 0.2) is 49.3 Å². The smallest absolute Gasteiger partial charge is 0.256 e. The summed E-state index contributed by atoms with van der Waals surface area (Å²) in [5.74, 6) is 7.64. The Labute approximate surface area is 261 Å². The maximum absolute atomic E-state index is 14.8. The quantitative estimate of drug-likeness (QED) is 0.248. The van der Waals surface area contributed by atoms with E-state index < -0.39 is 22.3 Å². The van der Waals surface area contributed by atoms with E-state index in [1.54, 1.807) is 24.7 Å². The maximum Gasteiger partial charge on any atom is 0.256 e. The first-order valence-electron chi connectivity index (χ1n) is 14.8. The summed E-state index contributed by atoms with van der Waals surface area (Å²) in [4.78, 5) is 17.5. The number of pyridine rings is 1. The molecular formula is C30H35FN10O3S. The van der Waals surface area contributed by atoms with Gasteiger partial charge in [-0.05, 0) is 33.0 Å². The van der Waals surface area contributed by atoms with Crippen molar-refractivity contribution in [1.29, 1.82) is 0 Å². The highest BCUT2D eigenvalue weighted by molar-refractivity contribution is 7.90. The summed E-state index contributed by atoms with van der Waals surface area (Å²) in [5.41, 5.74) is 1.09. The number of nitrogens with one attached hydrogen (secondary N) is 1. The van der Waals surface area contributed by atoms with E-state index in [2.05, 4.69) is 47.2 Å². The van der Waals surface area contributed by atoms with Crippen molar-refractivity contribution in [2.75, 3.05) is 50.6 Å². The predicted molar refractivity (Wildman–Crippen MR) is 167 cm³/mol. The van der Waals surface area contributed by atoms with Gasteiger partial charge in [-0.2, -0.15) is 14.3 Å². The molecule has 0 amide bonds. The number of hydrogen-bond donors (Lipinski definition) is 2. The minimum absolute atomic E-state index is 0.194. The van der Waals surface area contributed by atoms with E-state index in [0.717, 1.165) is 28.4 Å². The zero-order chi connectivity index (χ0) is 31.6. The number of hydrogen-bond acceptors (Lipinski definition) is 11. The third-order valence-corrected chi connectivity index (χ3v) is 9.89. The van der Waals surface area contributed by atoms with Crippen LogP contribution in [0.25, 0.3) is 11.4 Å². The second-order valence-corrected chi connectivity index (χ2v) is 13.7. The Morgan fingerprint density at radius 1 is 1.09 bits per heavy atom. The van der Waals surface area contributed by atoms with Gasteiger partial charge in [0.2, 0.25) is 0 Å². The number of alkyl halides is 1.